The van der Waals surface area contributed by atoms with Crippen molar-refractivity contribution in [2.75, 3.05) is 11.6 Å². The van der Waals surface area contributed by atoms with Crippen molar-refractivity contribution in [3.8, 4) is 0 Å². The number of aromatic nitrogens is 3. The number of fused-ring (bicyclic) bond motifs is 1. The maximum atomic E-state index is 10.4. The van der Waals surface area contributed by atoms with Gasteiger partial charge in [-0.05, 0) is 44.9 Å². The molecule has 2 heterocycles. The fourth-order valence-electron chi connectivity index (χ4n) is 2.87. The first-order chi connectivity index (χ1) is 10.0. The van der Waals surface area contributed by atoms with Crippen molar-refractivity contribution < 1.29 is 5.11 Å². The van der Waals surface area contributed by atoms with Crippen molar-refractivity contribution in [2.24, 2.45) is 0 Å². The minimum absolute atomic E-state index is 0.0172. The fourth-order valence-corrected chi connectivity index (χ4v) is 3.21. The van der Waals surface area contributed by atoms with Gasteiger partial charge in [0.2, 0.25) is 0 Å². The summed E-state index contributed by atoms with van der Waals surface area (Å²) in [4.78, 5) is 13.4. The molecule has 5 nitrogen and oxygen atoms in total. The van der Waals surface area contributed by atoms with Gasteiger partial charge in [0.1, 0.15) is 5.52 Å². The van der Waals surface area contributed by atoms with Gasteiger partial charge in [-0.3, -0.25) is 0 Å². The monoisotopic (exact) mass is 304 g/mol. The van der Waals surface area contributed by atoms with Crippen molar-refractivity contribution in [3.63, 3.8) is 0 Å². The zero-order valence-corrected chi connectivity index (χ0v) is 13.4. The molecule has 1 unspecified atom stereocenters. The van der Waals surface area contributed by atoms with Gasteiger partial charge in [0, 0.05) is 17.8 Å². The topological polar surface area (TPSA) is 70.9 Å². The number of hydrogen-bond acceptors (Lipinski definition) is 6. The zero-order chi connectivity index (χ0) is 15.0. The van der Waals surface area contributed by atoms with E-state index in [4.69, 9.17) is 0 Å². The van der Waals surface area contributed by atoms with E-state index < -0.39 is 5.60 Å². The van der Waals surface area contributed by atoms with E-state index in [0.29, 0.717) is 0 Å². The Morgan fingerprint density at radius 1 is 1.38 bits per heavy atom. The SMILES string of the molecule is CSc1ncc2c(C)cnc(NC3CCC[C@@]3(C)O)c2n1. The summed E-state index contributed by atoms with van der Waals surface area (Å²) >= 11 is 1.51. The Balaban J connectivity index is 2.03. The van der Waals surface area contributed by atoms with E-state index in [1.807, 2.05) is 32.5 Å². The quantitative estimate of drug-likeness (QED) is 0.671. The van der Waals surface area contributed by atoms with Crippen LogP contribution >= 0.6 is 11.8 Å². The summed E-state index contributed by atoms with van der Waals surface area (Å²) in [5, 5.41) is 15.5. The Kier molecular flexibility index (Phi) is 3.75. The Morgan fingerprint density at radius 2 is 2.19 bits per heavy atom. The van der Waals surface area contributed by atoms with Crippen LogP contribution in [-0.2, 0) is 0 Å². The Bertz CT molecular complexity index is 674. The minimum Gasteiger partial charge on any atom is -0.388 e. The lowest BCUT2D eigenvalue weighted by Gasteiger charge is -2.27. The number of pyridine rings is 1. The van der Waals surface area contributed by atoms with Crippen molar-refractivity contribution in [3.05, 3.63) is 18.0 Å². The molecule has 0 aliphatic heterocycles. The van der Waals surface area contributed by atoms with Crippen molar-refractivity contribution in [1.82, 2.24) is 15.0 Å². The molecule has 3 rings (SSSR count). The molecule has 2 aromatic rings. The molecule has 0 amide bonds. The zero-order valence-electron chi connectivity index (χ0n) is 12.6. The number of hydrogen-bond donors (Lipinski definition) is 2. The molecule has 1 aliphatic rings. The first-order valence-corrected chi connectivity index (χ1v) is 8.39. The highest BCUT2D eigenvalue weighted by atomic mass is 32.2. The van der Waals surface area contributed by atoms with Crippen molar-refractivity contribution in [2.45, 2.75) is 49.9 Å². The average Bonchev–Trinajstić information content (AvgIpc) is 2.80. The van der Waals surface area contributed by atoms with E-state index in [1.165, 1.54) is 11.8 Å². The summed E-state index contributed by atoms with van der Waals surface area (Å²) in [5.41, 5.74) is 1.20. The van der Waals surface area contributed by atoms with Crippen LogP contribution in [0.1, 0.15) is 31.7 Å². The van der Waals surface area contributed by atoms with Gasteiger partial charge >= 0.3 is 0 Å². The second-order valence-electron chi connectivity index (χ2n) is 5.86. The van der Waals surface area contributed by atoms with Crippen LogP contribution in [0.3, 0.4) is 0 Å². The van der Waals surface area contributed by atoms with E-state index in [2.05, 4.69) is 20.3 Å². The largest absolute Gasteiger partial charge is 0.388 e. The second kappa shape index (κ2) is 5.42. The van der Waals surface area contributed by atoms with Crippen LogP contribution in [0.5, 0.6) is 0 Å². The maximum Gasteiger partial charge on any atom is 0.187 e. The first kappa shape index (κ1) is 14.5. The number of rotatable bonds is 3. The van der Waals surface area contributed by atoms with Crippen LogP contribution in [0.2, 0.25) is 0 Å². The number of aryl methyl sites for hydroxylation is 1. The van der Waals surface area contributed by atoms with Crippen molar-refractivity contribution in [1.29, 1.82) is 0 Å². The van der Waals surface area contributed by atoms with Gasteiger partial charge in [0.15, 0.2) is 11.0 Å². The molecule has 0 bridgehead atoms. The predicted molar refractivity (Wildman–Crippen MR) is 85.7 cm³/mol. The Morgan fingerprint density at radius 3 is 2.86 bits per heavy atom. The highest BCUT2D eigenvalue weighted by molar-refractivity contribution is 7.98. The van der Waals surface area contributed by atoms with Gasteiger partial charge < -0.3 is 10.4 Å². The van der Waals surface area contributed by atoms with Crippen LogP contribution in [0.4, 0.5) is 5.82 Å². The molecule has 2 atom stereocenters. The lowest BCUT2D eigenvalue weighted by Crippen LogP contribution is -2.39. The smallest absolute Gasteiger partial charge is 0.187 e. The van der Waals surface area contributed by atoms with Crippen LogP contribution in [0.25, 0.3) is 10.9 Å². The van der Waals surface area contributed by atoms with Gasteiger partial charge in [0.25, 0.3) is 0 Å². The first-order valence-electron chi connectivity index (χ1n) is 7.16. The van der Waals surface area contributed by atoms with Crippen LogP contribution < -0.4 is 5.32 Å². The van der Waals surface area contributed by atoms with Gasteiger partial charge in [-0.15, -0.1) is 0 Å². The molecular formula is C15H20N4OS. The molecule has 1 saturated carbocycles. The summed E-state index contributed by atoms with van der Waals surface area (Å²) in [6.07, 6.45) is 8.43. The number of nitrogens with zero attached hydrogens (tertiary/aromatic N) is 3. The number of nitrogens with one attached hydrogen (secondary N) is 1. The summed E-state index contributed by atoms with van der Waals surface area (Å²) in [6, 6.07) is 0.0172. The predicted octanol–water partition coefficient (Wildman–Crippen LogP) is 2.77. The molecule has 0 spiro atoms. The molecule has 112 valence electrons. The molecular weight excluding hydrogens is 284 g/mol. The fraction of sp³-hybridized carbons (Fsp3) is 0.533. The molecule has 0 aromatic carbocycles. The number of thioether (sulfide) groups is 1. The highest BCUT2D eigenvalue weighted by Gasteiger charge is 2.37. The number of aliphatic hydroxyl groups is 1. The molecule has 2 aromatic heterocycles. The molecule has 0 saturated heterocycles. The standard InChI is InChI=1S/C15H20N4OS/c1-9-7-16-13(18-11-5-4-6-15(11,2)20)12-10(9)8-17-14(19-12)21-3/h7-8,11,20H,4-6H2,1-3H3,(H,16,18)/t11?,15-/m1/s1. The molecule has 21 heavy (non-hydrogen) atoms. The highest BCUT2D eigenvalue weighted by Crippen LogP contribution is 2.33. The van der Waals surface area contributed by atoms with Gasteiger partial charge in [0.05, 0.1) is 11.6 Å². The Labute approximate surface area is 128 Å². The number of anilines is 1. The maximum absolute atomic E-state index is 10.4. The molecule has 1 aliphatic carbocycles. The third kappa shape index (κ3) is 2.70. The summed E-state index contributed by atoms with van der Waals surface area (Å²) < 4.78 is 0. The van der Waals surface area contributed by atoms with Gasteiger partial charge in [-0.2, -0.15) is 0 Å². The van der Waals surface area contributed by atoms with E-state index >= 15 is 0 Å². The lowest BCUT2D eigenvalue weighted by molar-refractivity contribution is 0.0578. The van der Waals surface area contributed by atoms with E-state index in [9.17, 15) is 5.11 Å². The summed E-state index contributed by atoms with van der Waals surface area (Å²) in [6.45, 7) is 3.89. The normalized spacial score (nSPS) is 25.4. The molecule has 6 heteroatoms. The second-order valence-corrected chi connectivity index (χ2v) is 6.63. The van der Waals surface area contributed by atoms with Gasteiger partial charge in [-0.1, -0.05) is 11.8 Å². The summed E-state index contributed by atoms with van der Waals surface area (Å²) in [5.74, 6) is 0.737. The van der Waals surface area contributed by atoms with Crippen LogP contribution in [-0.4, -0.2) is 38.0 Å². The van der Waals surface area contributed by atoms with Crippen LogP contribution in [0.15, 0.2) is 17.6 Å². The average molecular weight is 304 g/mol. The van der Waals surface area contributed by atoms with E-state index in [-0.39, 0.29) is 6.04 Å². The van der Waals surface area contributed by atoms with Crippen LogP contribution in [0, 0.1) is 6.92 Å². The Hall–Kier alpha value is -1.40. The summed E-state index contributed by atoms with van der Waals surface area (Å²) in [7, 11) is 0. The lowest BCUT2D eigenvalue weighted by atomic mass is 10.0. The molecule has 0 radical (unpaired) electrons. The van der Waals surface area contributed by atoms with Crippen molar-refractivity contribution >= 4 is 28.5 Å². The third-order valence-electron chi connectivity index (χ3n) is 4.22. The van der Waals surface area contributed by atoms with E-state index in [0.717, 1.165) is 46.7 Å². The van der Waals surface area contributed by atoms with E-state index in [1.54, 1.807) is 0 Å². The van der Waals surface area contributed by atoms with Gasteiger partial charge in [-0.25, -0.2) is 15.0 Å². The third-order valence-corrected chi connectivity index (χ3v) is 4.78. The molecule has 1 fully saturated rings. The molecule has 2 N–H and O–H groups in total. The minimum atomic E-state index is -0.686.